The van der Waals surface area contributed by atoms with Gasteiger partial charge in [0, 0.05) is 44.6 Å². The molecule has 2 aromatic heterocycles. The molecule has 0 unspecified atom stereocenters. The van der Waals surface area contributed by atoms with Gasteiger partial charge in [-0.15, -0.1) is 0 Å². The van der Waals surface area contributed by atoms with E-state index < -0.39 is 0 Å². The molecule has 8 heteroatoms. The predicted octanol–water partition coefficient (Wildman–Crippen LogP) is 0.493. The van der Waals surface area contributed by atoms with E-state index in [0.29, 0.717) is 31.7 Å². The zero-order chi connectivity index (χ0) is 16.5. The molecule has 4 heterocycles. The number of fused-ring (bicyclic) bond motifs is 1. The molecule has 2 aliphatic heterocycles. The van der Waals surface area contributed by atoms with Gasteiger partial charge in [0.25, 0.3) is 5.91 Å². The third-order valence-electron chi connectivity index (χ3n) is 4.55. The van der Waals surface area contributed by atoms with E-state index in [-0.39, 0.29) is 17.9 Å². The first kappa shape index (κ1) is 14.8. The molecule has 0 radical (unpaired) electrons. The summed E-state index contributed by atoms with van der Waals surface area (Å²) in [7, 11) is 0. The van der Waals surface area contributed by atoms with Gasteiger partial charge < -0.3 is 9.80 Å². The maximum atomic E-state index is 12.7. The SMILES string of the molecule is O=C1CCCN1C[C@@H]1CN(C(=O)c2cnccn2)Cc2ccnn21. The Morgan fingerprint density at radius 3 is 2.96 bits per heavy atom. The van der Waals surface area contributed by atoms with E-state index in [4.69, 9.17) is 0 Å². The fourth-order valence-corrected chi connectivity index (χ4v) is 3.40. The maximum Gasteiger partial charge on any atom is 0.274 e. The van der Waals surface area contributed by atoms with E-state index in [1.165, 1.54) is 12.4 Å². The van der Waals surface area contributed by atoms with Crippen molar-refractivity contribution in [2.45, 2.75) is 25.4 Å². The lowest BCUT2D eigenvalue weighted by Gasteiger charge is -2.35. The van der Waals surface area contributed by atoms with E-state index in [0.717, 1.165) is 18.7 Å². The number of nitrogens with zero attached hydrogens (tertiary/aromatic N) is 6. The predicted molar refractivity (Wildman–Crippen MR) is 83.9 cm³/mol. The minimum Gasteiger partial charge on any atom is -0.340 e. The lowest BCUT2D eigenvalue weighted by molar-refractivity contribution is -0.128. The largest absolute Gasteiger partial charge is 0.340 e. The average Bonchev–Trinajstić information content (AvgIpc) is 3.24. The van der Waals surface area contributed by atoms with Crippen LogP contribution in [0.1, 0.15) is 35.1 Å². The first-order valence-electron chi connectivity index (χ1n) is 8.08. The molecule has 0 aromatic carbocycles. The minimum absolute atomic E-state index is 0.0357. The van der Waals surface area contributed by atoms with Crippen molar-refractivity contribution < 1.29 is 9.59 Å². The van der Waals surface area contributed by atoms with Crippen LogP contribution in [-0.4, -0.2) is 61.0 Å². The Morgan fingerprint density at radius 1 is 1.29 bits per heavy atom. The first-order valence-corrected chi connectivity index (χ1v) is 8.08. The van der Waals surface area contributed by atoms with Crippen LogP contribution in [0.2, 0.25) is 0 Å². The van der Waals surface area contributed by atoms with Crippen LogP contribution in [0, 0.1) is 0 Å². The monoisotopic (exact) mass is 326 g/mol. The molecule has 24 heavy (non-hydrogen) atoms. The highest BCUT2D eigenvalue weighted by Crippen LogP contribution is 2.24. The highest BCUT2D eigenvalue weighted by atomic mass is 16.2. The molecule has 8 nitrogen and oxygen atoms in total. The van der Waals surface area contributed by atoms with E-state index in [1.54, 1.807) is 17.3 Å². The number of likely N-dealkylation sites (tertiary alicyclic amines) is 1. The molecule has 2 aliphatic rings. The fraction of sp³-hybridized carbons (Fsp3) is 0.438. The summed E-state index contributed by atoms with van der Waals surface area (Å²) in [5.74, 6) is 0.0365. The molecule has 0 saturated carbocycles. The third-order valence-corrected chi connectivity index (χ3v) is 4.55. The Bertz CT molecular complexity index is 759. The second kappa shape index (κ2) is 6.03. The van der Waals surface area contributed by atoms with E-state index in [9.17, 15) is 9.59 Å². The van der Waals surface area contributed by atoms with Crippen molar-refractivity contribution in [3.8, 4) is 0 Å². The molecule has 1 saturated heterocycles. The molecule has 1 fully saturated rings. The molecule has 2 amide bonds. The van der Waals surface area contributed by atoms with E-state index in [1.807, 2.05) is 15.6 Å². The molecule has 124 valence electrons. The van der Waals surface area contributed by atoms with Crippen LogP contribution in [0.15, 0.2) is 30.9 Å². The number of carbonyl (C=O) groups is 2. The Hall–Kier alpha value is -2.77. The summed E-state index contributed by atoms with van der Waals surface area (Å²) >= 11 is 0. The maximum absolute atomic E-state index is 12.7. The molecular formula is C16H18N6O2. The Balaban J connectivity index is 1.56. The minimum atomic E-state index is -0.145. The molecule has 0 aliphatic carbocycles. The molecule has 0 bridgehead atoms. The van der Waals surface area contributed by atoms with Gasteiger partial charge >= 0.3 is 0 Å². The van der Waals surface area contributed by atoms with Crippen LogP contribution in [0.3, 0.4) is 0 Å². The number of hydrogen-bond acceptors (Lipinski definition) is 5. The molecular weight excluding hydrogens is 308 g/mol. The van der Waals surface area contributed by atoms with Crippen LogP contribution >= 0.6 is 0 Å². The number of carbonyl (C=O) groups excluding carboxylic acids is 2. The summed E-state index contributed by atoms with van der Waals surface area (Å²) in [6.07, 6.45) is 7.80. The van der Waals surface area contributed by atoms with Crippen molar-refractivity contribution in [2.24, 2.45) is 0 Å². The quantitative estimate of drug-likeness (QED) is 0.820. The fourth-order valence-electron chi connectivity index (χ4n) is 3.40. The van der Waals surface area contributed by atoms with Gasteiger partial charge in [-0.2, -0.15) is 5.10 Å². The number of hydrogen-bond donors (Lipinski definition) is 0. The molecule has 0 N–H and O–H groups in total. The van der Waals surface area contributed by atoms with E-state index in [2.05, 4.69) is 15.1 Å². The van der Waals surface area contributed by atoms with Crippen LogP contribution < -0.4 is 0 Å². The summed E-state index contributed by atoms with van der Waals surface area (Å²) in [6.45, 7) is 2.36. The molecule has 4 rings (SSSR count). The number of aromatic nitrogens is 4. The Labute approximate surface area is 139 Å². The van der Waals surface area contributed by atoms with Crippen LogP contribution in [-0.2, 0) is 11.3 Å². The zero-order valence-corrected chi connectivity index (χ0v) is 13.2. The van der Waals surface area contributed by atoms with Gasteiger partial charge in [-0.25, -0.2) is 4.98 Å². The first-order chi connectivity index (χ1) is 11.7. The van der Waals surface area contributed by atoms with Gasteiger partial charge in [-0.1, -0.05) is 0 Å². The van der Waals surface area contributed by atoms with Crippen LogP contribution in [0.25, 0.3) is 0 Å². The normalized spacial score (nSPS) is 20.3. The van der Waals surface area contributed by atoms with Crippen molar-refractivity contribution >= 4 is 11.8 Å². The van der Waals surface area contributed by atoms with Crippen molar-refractivity contribution in [3.05, 3.63) is 42.2 Å². The van der Waals surface area contributed by atoms with Crippen LogP contribution in [0.4, 0.5) is 0 Å². The second-order valence-electron chi connectivity index (χ2n) is 6.14. The summed E-state index contributed by atoms with van der Waals surface area (Å²) in [4.78, 5) is 36.3. The topological polar surface area (TPSA) is 84.2 Å². The third kappa shape index (κ3) is 2.64. The van der Waals surface area contributed by atoms with Gasteiger partial charge in [-0.3, -0.25) is 19.3 Å². The van der Waals surface area contributed by atoms with Gasteiger partial charge in [0.2, 0.25) is 5.91 Å². The Morgan fingerprint density at radius 2 is 2.21 bits per heavy atom. The summed E-state index contributed by atoms with van der Waals surface area (Å²) in [5.41, 5.74) is 1.30. The smallest absolute Gasteiger partial charge is 0.274 e. The summed E-state index contributed by atoms with van der Waals surface area (Å²) in [5, 5.41) is 4.38. The highest BCUT2D eigenvalue weighted by Gasteiger charge is 2.32. The van der Waals surface area contributed by atoms with Gasteiger partial charge in [0.1, 0.15) is 5.69 Å². The van der Waals surface area contributed by atoms with E-state index >= 15 is 0 Å². The van der Waals surface area contributed by atoms with Crippen molar-refractivity contribution in [1.29, 1.82) is 0 Å². The average molecular weight is 326 g/mol. The zero-order valence-electron chi connectivity index (χ0n) is 13.2. The van der Waals surface area contributed by atoms with Crippen LogP contribution in [0.5, 0.6) is 0 Å². The summed E-state index contributed by atoms with van der Waals surface area (Å²) < 4.78 is 1.94. The van der Waals surface area contributed by atoms with Gasteiger partial charge in [0.05, 0.1) is 24.5 Å². The standard InChI is InChI=1S/C16H18N6O2/c23-15-2-1-7-20(15)10-13-11-21(9-12-3-4-19-22(12)13)16(24)14-8-17-5-6-18-14/h3-6,8,13H,1-2,7,9-11H2/t13-/m1/s1. The van der Waals surface area contributed by atoms with Crippen molar-refractivity contribution in [3.63, 3.8) is 0 Å². The number of rotatable bonds is 3. The van der Waals surface area contributed by atoms with Crippen molar-refractivity contribution in [1.82, 2.24) is 29.5 Å². The lowest BCUT2D eigenvalue weighted by Crippen LogP contribution is -2.45. The molecule has 2 aromatic rings. The van der Waals surface area contributed by atoms with Gasteiger partial charge in [0.15, 0.2) is 0 Å². The highest BCUT2D eigenvalue weighted by molar-refractivity contribution is 5.92. The van der Waals surface area contributed by atoms with Crippen molar-refractivity contribution in [2.75, 3.05) is 19.6 Å². The van der Waals surface area contributed by atoms with Gasteiger partial charge in [-0.05, 0) is 12.5 Å². The summed E-state index contributed by atoms with van der Waals surface area (Å²) in [6, 6.07) is 1.88. The molecule has 0 spiro atoms. The second-order valence-corrected chi connectivity index (χ2v) is 6.14. The Kier molecular flexibility index (Phi) is 3.72. The molecule has 1 atom stereocenters. The number of amides is 2. The lowest BCUT2D eigenvalue weighted by atomic mass is 10.1.